The topological polar surface area (TPSA) is 37.3 Å². The molecule has 1 aromatic rings. The van der Waals surface area contributed by atoms with Crippen LogP contribution in [0.1, 0.15) is 24.0 Å². The fourth-order valence-electron chi connectivity index (χ4n) is 1.13. The second-order valence-corrected chi connectivity index (χ2v) is 3.18. The summed E-state index contributed by atoms with van der Waals surface area (Å²) in [6.07, 6.45) is 0. The van der Waals surface area contributed by atoms with Crippen LogP contribution in [-0.4, -0.2) is 11.1 Å². The Morgan fingerprint density at radius 2 is 1.93 bits per heavy atom. The van der Waals surface area contributed by atoms with Crippen molar-refractivity contribution in [3.63, 3.8) is 0 Å². The van der Waals surface area contributed by atoms with E-state index in [0.717, 1.165) is 12.1 Å². The summed E-state index contributed by atoms with van der Waals surface area (Å²) in [5.74, 6) is -3.48. The number of carbonyl (C=O) groups is 1. The Balaban J connectivity index is 3.22. The summed E-state index contributed by atoms with van der Waals surface area (Å²) in [7, 11) is 0. The number of aryl methyl sites for hydroxylation is 1. The van der Waals surface area contributed by atoms with Gasteiger partial charge in [0.2, 0.25) is 0 Å². The van der Waals surface area contributed by atoms with E-state index >= 15 is 0 Å². The first kappa shape index (κ1) is 10.6. The summed E-state index contributed by atoms with van der Waals surface area (Å²) in [6, 6.07) is 1.94. The van der Waals surface area contributed by atoms with Gasteiger partial charge in [0.05, 0.1) is 5.92 Å². The van der Waals surface area contributed by atoms with E-state index in [0.29, 0.717) is 0 Å². The first-order valence-corrected chi connectivity index (χ1v) is 4.12. The standard InChI is InChI=1S/C10H10F2O2/c1-5-3-9(12)7(4-8(5)11)6(2)10(13)14/h3-4,6H,1-2H3,(H,13,14). The summed E-state index contributed by atoms with van der Waals surface area (Å²) >= 11 is 0. The maximum Gasteiger partial charge on any atom is 0.310 e. The van der Waals surface area contributed by atoms with Gasteiger partial charge in [0.1, 0.15) is 11.6 Å². The van der Waals surface area contributed by atoms with Crippen LogP contribution < -0.4 is 0 Å². The third-order valence-corrected chi connectivity index (χ3v) is 2.11. The molecule has 1 unspecified atom stereocenters. The van der Waals surface area contributed by atoms with Gasteiger partial charge in [0.15, 0.2) is 0 Å². The smallest absolute Gasteiger partial charge is 0.310 e. The van der Waals surface area contributed by atoms with Crippen LogP contribution in [0, 0.1) is 18.6 Å². The quantitative estimate of drug-likeness (QED) is 0.796. The lowest BCUT2D eigenvalue weighted by Gasteiger charge is -2.09. The Kier molecular flexibility index (Phi) is 2.84. The summed E-state index contributed by atoms with van der Waals surface area (Å²) in [5, 5.41) is 8.63. The van der Waals surface area contributed by atoms with Crippen LogP contribution in [0.25, 0.3) is 0 Å². The summed E-state index contributed by atoms with van der Waals surface area (Å²) < 4.78 is 26.2. The number of rotatable bonds is 2. The molecular formula is C10H10F2O2. The number of carboxylic acid groups (broad SMARTS) is 1. The molecule has 0 spiro atoms. The van der Waals surface area contributed by atoms with Crippen molar-refractivity contribution in [2.45, 2.75) is 19.8 Å². The van der Waals surface area contributed by atoms with Crippen molar-refractivity contribution < 1.29 is 18.7 Å². The van der Waals surface area contributed by atoms with Gasteiger partial charge in [-0.2, -0.15) is 0 Å². The first-order chi connectivity index (χ1) is 6.43. The molecule has 2 nitrogen and oxygen atoms in total. The molecule has 0 aromatic heterocycles. The summed E-state index contributed by atoms with van der Waals surface area (Å²) in [5.41, 5.74) is 0.0458. The Bertz CT molecular complexity index is 375. The van der Waals surface area contributed by atoms with Crippen molar-refractivity contribution in [2.24, 2.45) is 0 Å². The maximum atomic E-state index is 13.2. The Morgan fingerprint density at radius 3 is 2.43 bits per heavy atom. The normalized spacial score (nSPS) is 12.6. The molecule has 14 heavy (non-hydrogen) atoms. The minimum absolute atomic E-state index is 0.124. The van der Waals surface area contributed by atoms with E-state index < -0.39 is 23.5 Å². The molecule has 0 fully saturated rings. The summed E-state index contributed by atoms with van der Waals surface area (Å²) in [4.78, 5) is 10.6. The van der Waals surface area contributed by atoms with Crippen LogP contribution >= 0.6 is 0 Å². The zero-order valence-corrected chi connectivity index (χ0v) is 7.84. The molecule has 76 valence electrons. The maximum absolute atomic E-state index is 13.2. The van der Waals surface area contributed by atoms with E-state index in [1.54, 1.807) is 0 Å². The lowest BCUT2D eigenvalue weighted by Crippen LogP contribution is -2.10. The molecule has 0 radical (unpaired) electrons. The highest BCUT2D eigenvalue weighted by atomic mass is 19.1. The van der Waals surface area contributed by atoms with Crippen LogP contribution in [0.15, 0.2) is 12.1 Å². The van der Waals surface area contributed by atoms with Crippen molar-refractivity contribution in [1.29, 1.82) is 0 Å². The molecule has 0 aliphatic heterocycles. The van der Waals surface area contributed by atoms with E-state index in [4.69, 9.17) is 5.11 Å². The molecular weight excluding hydrogens is 190 g/mol. The fourth-order valence-corrected chi connectivity index (χ4v) is 1.13. The van der Waals surface area contributed by atoms with Crippen molar-refractivity contribution in [3.8, 4) is 0 Å². The molecule has 0 aliphatic carbocycles. The Labute approximate surface area is 80.2 Å². The monoisotopic (exact) mass is 200 g/mol. The molecule has 0 bridgehead atoms. The van der Waals surface area contributed by atoms with Crippen LogP contribution in [0.2, 0.25) is 0 Å². The molecule has 1 aromatic carbocycles. The highest BCUT2D eigenvalue weighted by molar-refractivity contribution is 5.75. The van der Waals surface area contributed by atoms with Gasteiger partial charge in [-0.15, -0.1) is 0 Å². The molecule has 1 N–H and O–H groups in total. The van der Waals surface area contributed by atoms with Gasteiger partial charge < -0.3 is 5.11 Å². The van der Waals surface area contributed by atoms with Gasteiger partial charge >= 0.3 is 5.97 Å². The molecule has 0 aliphatic rings. The SMILES string of the molecule is Cc1cc(F)c(C(C)C(=O)O)cc1F. The number of halogens is 2. The predicted molar refractivity (Wildman–Crippen MR) is 47.1 cm³/mol. The van der Waals surface area contributed by atoms with Crippen molar-refractivity contribution in [3.05, 3.63) is 34.9 Å². The fraction of sp³-hybridized carbons (Fsp3) is 0.300. The molecule has 0 saturated carbocycles. The second kappa shape index (κ2) is 3.74. The third-order valence-electron chi connectivity index (χ3n) is 2.11. The lowest BCUT2D eigenvalue weighted by atomic mass is 9.99. The van der Waals surface area contributed by atoms with E-state index in [1.807, 2.05) is 0 Å². The second-order valence-electron chi connectivity index (χ2n) is 3.18. The third kappa shape index (κ3) is 1.89. The lowest BCUT2D eigenvalue weighted by molar-refractivity contribution is -0.138. The minimum Gasteiger partial charge on any atom is -0.481 e. The van der Waals surface area contributed by atoms with E-state index in [1.165, 1.54) is 13.8 Å². The average Bonchev–Trinajstić information content (AvgIpc) is 2.10. The molecule has 1 rings (SSSR count). The Hall–Kier alpha value is -1.45. The number of carboxylic acids is 1. The van der Waals surface area contributed by atoms with E-state index in [2.05, 4.69) is 0 Å². The predicted octanol–water partition coefficient (Wildman–Crippen LogP) is 2.46. The average molecular weight is 200 g/mol. The van der Waals surface area contributed by atoms with Crippen molar-refractivity contribution >= 4 is 5.97 Å². The van der Waals surface area contributed by atoms with Crippen molar-refractivity contribution in [2.75, 3.05) is 0 Å². The van der Waals surface area contributed by atoms with Crippen molar-refractivity contribution in [1.82, 2.24) is 0 Å². The molecule has 4 heteroatoms. The zero-order valence-electron chi connectivity index (χ0n) is 7.84. The Morgan fingerprint density at radius 1 is 1.36 bits per heavy atom. The number of hydrogen-bond acceptors (Lipinski definition) is 1. The highest BCUT2D eigenvalue weighted by Gasteiger charge is 2.19. The molecule has 0 heterocycles. The van der Waals surface area contributed by atoms with Crippen LogP contribution in [0.4, 0.5) is 8.78 Å². The zero-order chi connectivity index (χ0) is 10.9. The minimum atomic E-state index is -1.17. The van der Waals surface area contributed by atoms with Gasteiger partial charge in [0, 0.05) is 5.56 Å². The molecule has 0 saturated heterocycles. The van der Waals surface area contributed by atoms with Gasteiger partial charge in [0.25, 0.3) is 0 Å². The van der Waals surface area contributed by atoms with Crippen LogP contribution in [0.3, 0.4) is 0 Å². The van der Waals surface area contributed by atoms with Gasteiger partial charge in [-0.25, -0.2) is 8.78 Å². The van der Waals surface area contributed by atoms with Crippen LogP contribution in [0.5, 0.6) is 0 Å². The number of aliphatic carboxylic acids is 1. The molecule has 0 amide bonds. The van der Waals surface area contributed by atoms with E-state index in [-0.39, 0.29) is 11.1 Å². The van der Waals surface area contributed by atoms with Gasteiger partial charge in [-0.3, -0.25) is 4.79 Å². The largest absolute Gasteiger partial charge is 0.481 e. The highest BCUT2D eigenvalue weighted by Crippen LogP contribution is 2.22. The van der Waals surface area contributed by atoms with Gasteiger partial charge in [-0.1, -0.05) is 0 Å². The van der Waals surface area contributed by atoms with Crippen LogP contribution in [-0.2, 0) is 4.79 Å². The number of hydrogen-bond donors (Lipinski definition) is 1. The molecule has 1 atom stereocenters. The summed E-state index contributed by atoms with van der Waals surface area (Å²) in [6.45, 7) is 2.74. The first-order valence-electron chi connectivity index (χ1n) is 4.12. The van der Waals surface area contributed by atoms with Gasteiger partial charge in [-0.05, 0) is 31.5 Å². The number of benzene rings is 1. The van der Waals surface area contributed by atoms with E-state index in [9.17, 15) is 13.6 Å².